The number of hydrogen-bond donors (Lipinski definition) is 0. The van der Waals surface area contributed by atoms with Crippen LogP contribution in [-0.2, 0) is 26.7 Å². The Morgan fingerprint density at radius 3 is 2.00 bits per heavy atom. The first kappa shape index (κ1) is 17.9. The molecular weight excluding hydrogens is 367 g/mol. The van der Waals surface area contributed by atoms with Gasteiger partial charge in [0.2, 0.25) is 0 Å². The summed E-state index contributed by atoms with van der Waals surface area (Å²) < 4.78 is 5.83. The van der Waals surface area contributed by atoms with E-state index in [0.29, 0.717) is 0 Å². The number of benzene rings is 1. The molecule has 3 rings (SSSR count). The van der Waals surface area contributed by atoms with Crippen molar-refractivity contribution in [1.29, 1.82) is 0 Å². The fraction of sp³-hybridized carbons (Fsp3) is 0.391. The van der Waals surface area contributed by atoms with Crippen LogP contribution in [0.3, 0.4) is 0 Å². The number of hydrogen-bond acceptors (Lipinski definition) is 0. The topological polar surface area (TPSA) is 0 Å². The summed E-state index contributed by atoms with van der Waals surface area (Å²) in [5.74, 6) is 0. The first-order chi connectivity index (χ1) is 11.2. The average molecular weight is 398 g/mol. The fourth-order valence-electron chi connectivity index (χ4n) is 4.67. The van der Waals surface area contributed by atoms with Crippen LogP contribution in [0.5, 0.6) is 0 Å². The third kappa shape index (κ3) is 2.51. The molecule has 1 unspecified atom stereocenters. The SMILES string of the molecule is CC1=C[C](C)([Zr]([CH3])([CH3])[C]2(Cc3ccccc3)C=CC=C2)C(C)=C1C. The maximum absolute atomic E-state index is 2.68. The van der Waals surface area contributed by atoms with Gasteiger partial charge in [0, 0.05) is 0 Å². The molecule has 0 bridgehead atoms. The molecule has 24 heavy (non-hydrogen) atoms. The van der Waals surface area contributed by atoms with Gasteiger partial charge in [0.15, 0.2) is 0 Å². The molecule has 0 aliphatic heterocycles. The molecule has 2 aliphatic carbocycles. The van der Waals surface area contributed by atoms with E-state index >= 15 is 0 Å². The molecule has 2 aliphatic rings. The maximum atomic E-state index is 2.66. The van der Waals surface area contributed by atoms with Crippen LogP contribution in [0, 0.1) is 0 Å². The summed E-state index contributed by atoms with van der Waals surface area (Å²) in [6.07, 6.45) is 13.3. The molecule has 0 radical (unpaired) electrons. The molecule has 0 fully saturated rings. The Morgan fingerprint density at radius 1 is 0.917 bits per heavy atom. The van der Waals surface area contributed by atoms with E-state index < -0.39 is 20.3 Å². The summed E-state index contributed by atoms with van der Waals surface area (Å²) in [7, 11) is 0. The monoisotopic (exact) mass is 396 g/mol. The molecule has 1 aromatic carbocycles. The third-order valence-corrected chi connectivity index (χ3v) is 21.8. The quantitative estimate of drug-likeness (QED) is 0.502. The minimum absolute atomic E-state index is 0.243. The van der Waals surface area contributed by atoms with Crippen molar-refractivity contribution in [3.8, 4) is 0 Å². The Balaban J connectivity index is 2.09. The van der Waals surface area contributed by atoms with E-state index in [2.05, 4.69) is 97.7 Å². The Kier molecular flexibility index (Phi) is 4.54. The van der Waals surface area contributed by atoms with Crippen molar-refractivity contribution in [2.75, 3.05) is 0 Å². The Hall–Kier alpha value is -0.937. The predicted octanol–water partition coefficient (Wildman–Crippen LogP) is 7.24. The Bertz CT molecular complexity index is 746. The summed E-state index contributed by atoms with van der Waals surface area (Å²) in [6, 6.07) is 11.0. The molecule has 0 saturated carbocycles. The van der Waals surface area contributed by atoms with Gasteiger partial charge in [-0.25, -0.2) is 0 Å². The predicted molar refractivity (Wildman–Crippen MR) is 103 cm³/mol. The summed E-state index contributed by atoms with van der Waals surface area (Å²) in [6.45, 7) is 9.49. The standard InChI is InChI=1S/C12H11.C9H13.2CH3.Zr/c1-2-6-11(7-3-1)10-12-8-4-5-9-12;1-6-5-7(2)9(4)8(6)3;;;/h1-9H,10H2;5H,1-4H3;2*1H3;. The van der Waals surface area contributed by atoms with Crippen LogP contribution in [0.25, 0.3) is 0 Å². The van der Waals surface area contributed by atoms with Gasteiger partial charge in [0.25, 0.3) is 0 Å². The molecule has 0 heterocycles. The molecule has 0 nitrogen and oxygen atoms in total. The molecule has 0 spiro atoms. The zero-order valence-electron chi connectivity index (χ0n) is 16.0. The number of allylic oxidation sites excluding steroid dienone is 8. The van der Waals surface area contributed by atoms with Gasteiger partial charge in [-0.2, -0.15) is 0 Å². The molecular formula is C23H30Zr. The van der Waals surface area contributed by atoms with E-state index in [-0.39, 0.29) is 6.25 Å². The molecule has 1 heteroatoms. The van der Waals surface area contributed by atoms with E-state index in [1.165, 1.54) is 16.7 Å². The van der Waals surface area contributed by atoms with E-state index in [1.54, 1.807) is 5.57 Å². The van der Waals surface area contributed by atoms with Gasteiger partial charge in [0.05, 0.1) is 0 Å². The van der Waals surface area contributed by atoms with Crippen molar-refractivity contribution >= 4 is 0 Å². The molecule has 0 amide bonds. The molecule has 1 aromatic rings. The second kappa shape index (κ2) is 6.10. The summed E-state index contributed by atoms with van der Waals surface area (Å²) in [5.41, 5.74) is 6.07. The third-order valence-electron chi connectivity index (χ3n) is 7.14. The van der Waals surface area contributed by atoms with Crippen LogP contribution in [0.4, 0.5) is 0 Å². The summed E-state index contributed by atoms with van der Waals surface area (Å²) >= 11 is -2.68. The van der Waals surface area contributed by atoms with Gasteiger partial charge in [-0.05, 0) is 0 Å². The van der Waals surface area contributed by atoms with Crippen LogP contribution in [-0.4, -0.2) is 0 Å². The zero-order valence-corrected chi connectivity index (χ0v) is 18.4. The van der Waals surface area contributed by atoms with Crippen LogP contribution in [0.1, 0.15) is 33.3 Å². The van der Waals surface area contributed by atoms with E-state index in [4.69, 9.17) is 0 Å². The van der Waals surface area contributed by atoms with Crippen molar-refractivity contribution in [3.63, 3.8) is 0 Å². The average Bonchev–Trinajstić information content (AvgIpc) is 3.10. The fourth-order valence-corrected chi connectivity index (χ4v) is 15.3. The Morgan fingerprint density at radius 2 is 1.50 bits per heavy atom. The molecule has 0 N–H and O–H groups in total. The van der Waals surface area contributed by atoms with E-state index in [9.17, 15) is 0 Å². The normalized spacial score (nSPS) is 25.5. The van der Waals surface area contributed by atoms with Crippen molar-refractivity contribution < 1.29 is 20.3 Å². The van der Waals surface area contributed by atoms with Crippen molar-refractivity contribution in [3.05, 3.63) is 83.0 Å². The zero-order chi connectivity index (χ0) is 17.6. The summed E-state index contributed by atoms with van der Waals surface area (Å²) in [5, 5.41) is 0. The van der Waals surface area contributed by atoms with Crippen LogP contribution in [0.15, 0.2) is 77.4 Å². The van der Waals surface area contributed by atoms with E-state index in [1.807, 2.05) is 0 Å². The first-order valence-corrected chi connectivity index (χ1v) is 16.4. The van der Waals surface area contributed by atoms with Gasteiger partial charge >= 0.3 is 153 Å². The second-order valence-electron chi connectivity index (χ2n) is 8.33. The Labute approximate surface area is 152 Å². The van der Waals surface area contributed by atoms with Crippen molar-refractivity contribution in [1.82, 2.24) is 0 Å². The van der Waals surface area contributed by atoms with Gasteiger partial charge < -0.3 is 0 Å². The number of rotatable bonds is 4. The van der Waals surface area contributed by atoms with Crippen molar-refractivity contribution in [2.45, 2.75) is 49.6 Å². The van der Waals surface area contributed by atoms with Crippen LogP contribution < -0.4 is 0 Å². The first-order valence-electron chi connectivity index (χ1n) is 9.02. The van der Waals surface area contributed by atoms with Gasteiger partial charge in [0.1, 0.15) is 0 Å². The molecule has 126 valence electrons. The van der Waals surface area contributed by atoms with Gasteiger partial charge in [-0.15, -0.1) is 0 Å². The molecule has 1 atom stereocenters. The van der Waals surface area contributed by atoms with Crippen LogP contribution >= 0.6 is 0 Å². The van der Waals surface area contributed by atoms with E-state index in [0.717, 1.165) is 6.42 Å². The minimum atomic E-state index is -2.68. The summed E-state index contributed by atoms with van der Waals surface area (Å²) in [4.78, 5) is 0. The van der Waals surface area contributed by atoms with Crippen molar-refractivity contribution in [2.24, 2.45) is 0 Å². The van der Waals surface area contributed by atoms with Gasteiger partial charge in [-0.1, -0.05) is 0 Å². The van der Waals surface area contributed by atoms with Gasteiger partial charge in [-0.3, -0.25) is 0 Å². The second-order valence-corrected chi connectivity index (χ2v) is 21.2. The van der Waals surface area contributed by atoms with Crippen LogP contribution in [0.2, 0.25) is 15.5 Å². The molecule has 0 saturated heterocycles. The molecule has 0 aromatic heterocycles.